The van der Waals surface area contributed by atoms with E-state index in [1.165, 1.54) is 0 Å². The zero-order valence-electron chi connectivity index (χ0n) is 19.4. The molecule has 0 atom stereocenters. The highest BCUT2D eigenvalue weighted by Crippen LogP contribution is 2.32. The molecule has 10 heteroatoms. The van der Waals surface area contributed by atoms with Crippen LogP contribution in [-0.4, -0.2) is 68.7 Å². The van der Waals surface area contributed by atoms with Gasteiger partial charge < -0.3 is 10.2 Å². The Balaban J connectivity index is 1.50. The summed E-state index contributed by atoms with van der Waals surface area (Å²) in [5, 5.41) is 17.5. The first-order valence-corrected chi connectivity index (χ1v) is 11.6. The van der Waals surface area contributed by atoms with Gasteiger partial charge in [-0.1, -0.05) is 12.1 Å². The fourth-order valence-electron chi connectivity index (χ4n) is 4.44. The van der Waals surface area contributed by atoms with Crippen molar-refractivity contribution < 1.29 is 39.0 Å². The van der Waals surface area contributed by atoms with Gasteiger partial charge in [0.2, 0.25) is 0 Å². The molecule has 4 rings (SSSR count). The summed E-state index contributed by atoms with van der Waals surface area (Å²) >= 11 is 0. The molecule has 0 saturated heterocycles. The van der Waals surface area contributed by atoms with E-state index in [0.29, 0.717) is 36.8 Å². The molecular weight excluding hydrogens is 468 g/mol. The number of carboxylic acids is 2. The molecular formula is C26H24N2O8. The monoisotopic (exact) mass is 492 g/mol. The number of carbonyl (C=O) groups is 6. The summed E-state index contributed by atoms with van der Waals surface area (Å²) in [6.07, 6.45) is 1.41. The van der Waals surface area contributed by atoms with Crippen LogP contribution in [0.5, 0.6) is 0 Å². The van der Waals surface area contributed by atoms with E-state index in [1.54, 1.807) is 36.4 Å². The van der Waals surface area contributed by atoms with Gasteiger partial charge in [0.15, 0.2) is 0 Å². The van der Waals surface area contributed by atoms with Crippen LogP contribution in [0.15, 0.2) is 36.4 Å². The summed E-state index contributed by atoms with van der Waals surface area (Å²) in [6, 6.07) is 9.61. The van der Waals surface area contributed by atoms with E-state index in [2.05, 4.69) is 0 Å². The Hall–Kier alpha value is -4.34. The van der Waals surface area contributed by atoms with Crippen molar-refractivity contribution in [1.82, 2.24) is 9.80 Å². The highest BCUT2D eigenvalue weighted by atomic mass is 16.4. The standard InChI is InChI=1S/C26H24N2O8/c29-21(30)5-1-3-11-27-23(33)17-9-7-15(13-19(17)25(27)35)16-8-10-18-20(14-16)26(36)28(24(18)34)12-4-2-6-22(31)32/h7-10,13-14H,1-6,11-12H2,(H,29,30)(H,31,32). The van der Waals surface area contributed by atoms with E-state index in [1.807, 2.05) is 0 Å². The molecule has 0 saturated carbocycles. The molecule has 10 nitrogen and oxygen atoms in total. The Kier molecular flexibility index (Phi) is 6.96. The molecule has 2 aromatic carbocycles. The summed E-state index contributed by atoms with van der Waals surface area (Å²) in [5.74, 6) is -3.62. The Morgan fingerprint density at radius 2 is 0.917 bits per heavy atom. The maximum absolute atomic E-state index is 12.9. The first-order valence-electron chi connectivity index (χ1n) is 11.6. The Morgan fingerprint density at radius 3 is 1.28 bits per heavy atom. The highest BCUT2D eigenvalue weighted by molar-refractivity contribution is 6.23. The molecule has 2 aliphatic rings. The lowest BCUT2D eigenvalue weighted by molar-refractivity contribution is -0.138. The maximum Gasteiger partial charge on any atom is 0.303 e. The van der Waals surface area contributed by atoms with Gasteiger partial charge in [-0.2, -0.15) is 0 Å². The fourth-order valence-corrected chi connectivity index (χ4v) is 4.44. The van der Waals surface area contributed by atoms with Crippen LogP contribution in [0, 0.1) is 0 Å². The molecule has 0 radical (unpaired) electrons. The molecule has 0 aromatic heterocycles. The molecule has 2 aliphatic heterocycles. The summed E-state index contributed by atoms with van der Waals surface area (Å²) in [6.45, 7) is 0.263. The second-order valence-corrected chi connectivity index (χ2v) is 8.75. The second kappa shape index (κ2) is 10.1. The van der Waals surface area contributed by atoms with Crippen LogP contribution in [-0.2, 0) is 9.59 Å². The minimum absolute atomic E-state index is 0.0351. The van der Waals surface area contributed by atoms with Gasteiger partial charge in [-0.05, 0) is 61.1 Å². The molecule has 0 spiro atoms. The predicted molar refractivity (Wildman–Crippen MR) is 126 cm³/mol. The van der Waals surface area contributed by atoms with Crippen molar-refractivity contribution in [2.24, 2.45) is 0 Å². The van der Waals surface area contributed by atoms with Crippen LogP contribution >= 0.6 is 0 Å². The van der Waals surface area contributed by atoms with Crippen molar-refractivity contribution in [3.63, 3.8) is 0 Å². The maximum atomic E-state index is 12.9. The van der Waals surface area contributed by atoms with Gasteiger partial charge in [0.05, 0.1) is 22.3 Å². The van der Waals surface area contributed by atoms with Gasteiger partial charge in [0.25, 0.3) is 23.6 Å². The van der Waals surface area contributed by atoms with Crippen molar-refractivity contribution in [1.29, 1.82) is 0 Å². The lowest BCUT2D eigenvalue weighted by Gasteiger charge is -2.12. The van der Waals surface area contributed by atoms with Crippen LogP contribution in [0.25, 0.3) is 11.1 Å². The first kappa shape index (κ1) is 24.8. The number of benzene rings is 2. The minimum atomic E-state index is -0.933. The van der Waals surface area contributed by atoms with E-state index in [0.717, 1.165) is 9.80 Å². The quantitative estimate of drug-likeness (QED) is 0.359. The Bertz CT molecular complexity index is 1200. The lowest BCUT2D eigenvalue weighted by atomic mass is 9.97. The lowest BCUT2D eigenvalue weighted by Crippen LogP contribution is -2.30. The van der Waals surface area contributed by atoms with Gasteiger partial charge in [0, 0.05) is 25.9 Å². The van der Waals surface area contributed by atoms with Gasteiger partial charge in [-0.15, -0.1) is 0 Å². The summed E-state index contributed by atoms with van der Waals surface area (Å²) < 4.78 is 0. The number of fused-ring (bicyclic) bond motifs is 2. The van der Waals surface area contributed by atoms with Crippen molar-refractivity contribution >= 4 is 35.6 Å². The normalized spacial score (nSPS) is 14.4. The average Bonchev–Trinajstić information content (AvgIpc) is 3.23. The first-order chi connectivity index (χ1) is 17.2. The molecule has 2 N–H and O–H groups in total. The largest absolute Gasteiger partial charge is 0.481 e. The van der Waals surface area contributed by atoms with Crippen LogP contribution in [0.2, 0.25) is 0 Å². The van der Waals surface area contributed by atoms with Gasteiger partial charge in [0.1, 0.15) is 0 Å². The van der Waals surface area contributed by atoms with Crippen LogP contribution in [0.1, 0.15) is 80.0 Å². The third kappa shape index (κ3) is 4.74. The molecule has 0 unspecified atom stereocenters. The van der Waals surface area contributed by atoms with Crippen LogP contribution < -0.4 is 0 Å². The third-order valence-electron chi connectivity index (χ3n) is 6.32. The van der Waals surface area contributed by atoms with E-state index >= 15 is 0 Å². The SMILES string of the molecule is O=C(O)CCCCN1C(=O)c2ccc(-c3ccc4c(c3)C(=O)N(CCCCC(=O)O)C4=O)cc2C1=O. The second-order valence-electron chi connectivity index (χ2n) is 8.75. The third-order valence-corrected chi connectivity index (χ3v) is 6.32. The highest BCUT2D eigenvalue weighted by Gasteiger charge is 2.37. The summed E-state index contributed by atoms with van der Waals surface area (Å²) in [7, 11) is 0. The van der Waals surface area contributed by atoms with Gasteiger partial charge in [-0.3, -0.25) is 38.6 Å². The topological polar surface area (TPSA) is 149 Å². The number of unbranched alkanes of at least 4 members (excludes halogenated alkanes) is 2. The minimum Gasteiger partial charge on any atom is -0.481 e. The summed E-state index contributed by atoms with van der Waals surface area (Å²) in [4.78, 5) is 74.6. The number of carboxylic acid groups (broad SMARTS) is 2. The number of hydrogen-bond donors (Lipinski definition) is 2. The van der Waals surface area contributed by atoms with E-state index in [-0.39, 0.29) is 48.2 Å². The fraction of sp³-hybridized carbons (Fsp3) is 0.308. The van der Waals surface area contributed by atoms with Crippen molar-refractivity contribution in [2.45, 2.75) is 38.5 Å². The van der Waals surface area contributed by atoms with Crippen molar-refractivity contribution in [3.8, 4) is 11.1 Å². The number of carbonyl (C=O) groups excluding carboxylic acids is 4. The predicted octanol–water partition coefficient (Wildman–Crippen LogP) is 3.06. The molecule has 2 aromatic rings. The van der Waals surface area contributed by atoms with Crippen LogP contribution in [0.3, 0.4) is 0 Å². The molecule has 0 fully saturated rings. The molecule has 4 amide bonds. The molecule has 36 heavy (non-hydrogen) atoms. The number of aliphatic carboxylic acids is 2. The molecule has 0 bridgehead atoms. The zero-order valence-corrected chi connectivity index (χ0v) is 19.4. The van der Waals surface area contributed by atoms with E-state index in [9.17, 15) is 28.8 Å². The number of hydrogen-bond acceptors (Lipinski definition) is 6. The number of nitrogens with zero attached hydrogens (tertiary/aromatic N) is 2. The molecule has 186 valence electrons. The number of amides is 4. The van der Waals surface area contributed by atoms with Crippen molar-refractivity contribution in [3.05, 3.63) is 58.7 Å². The average molecular weight is 492 g/mol. The number of rotatable bonds is 11. The van der Waals surface area contributed by atoms with Crippen molar-refractivity contribution in [2.75, 3.05) is 13.1 Å². The molecule has 2 heterocycles. The number of imide groups is 2. The zero-order chi connectivity index (χ0) is 26.0. The van der Waals surface area contributed by atoms with E-state index < -0.39 is 35.6 Å². The van der Waals surface area contributed by atoms with Crippen LogP contribution in [0.4, 0.5) is 0 Å². The smallest absolute Gasteiger partial charge is 0.303 e. The summed E-state index contributed by atoms with van der Waals surface area (Å²) in [5.41, 5.74) is 2.21. The van der Waals surface area contributed by atoms with Gasteiger partial charge >= 0.3 is 11.9 Å². The molecule has 0 aliphatic carbocycles. The Morgan fingerprint density at radius 1 is 0.556 bits per heavy atom. The van der Waals surface area contributed by atoms with E-state index in [4.69, 9.17) is 10.2 Å². The Labute approximate surface area is 206 Å². The van der Waals surface area contributed by atoms with Gasteiger partial charge in [-0.25, -0.2) is 0 Å².